The number of halogens is 3. The van der Waals surface area contributed by atoms with Gasteiger partial charge in [0.25, 0.3) is 0 Å². The first-order valence-electron chi connectivity index (χ1n) is 8.18. The van der Waals surface area contributed by atoms with Crippen molar-refractivity contribution in [3.63, 3.8) is 0 Å². The summed E-state index contributed by atoms with van der Waals surface area (Å²) in [4.78, 5) is 12.3. The van der Waals surface area contributed by atoms with Crippen molar-refractivity contribution < 1.29 is 4.79 Å². The van der Waals surface area contributed by atoms with E-state index in [1.165, 1.54) is 16.4 Å². The zero-order chi connectivity index (χ0) is 20.3. The van der Waals surface area contributed by atoms with E-state index in [9.17, 15) is 4.79 Å². The third kappa shape index (κ3) is 4.91. The standard InChI is InChI=1S/C18H16Cl3N5OS/c1-10(14-7-6-13(20)8-15(14)21)23-16(27)9-28-18-25-24-17(26(18)22)11-2-4-12(19)5-3-11/h2-8,10H,9,22H2,1H3,(H,23,27). The highest BCUT2D eigenvalue weighted by molar-refractivity contribution is 7.99. The van der Waals surface area contributed by atoms with Gasteiger partial charge in [-0.25, -0.2) is 4.68 Å². The van der Waals surface area contributed by atoms with Gasteiger partial charge in [-0.3, -0.25) is 4.79 Å². The molecule has 3 rings (SSSR count). The molecule has 0 fully saturated rings. The second-order valence-electron chi connectivity index (χ2n) is 5.93. The summed E-state index contributed by atoms with van der Waals surface area (Å²) in [7, 11) is 0. The maximum Gasteiger partial charge on any atom is 0.230 e. The summed E-state index contributed by atoms with van der Waals surface area (Å²) in [6.45, 7) is 1.85. The molecule has 0 spiro atoms. The number of thioether (sulfide) groups is 1. The SMILES string of the molecule is CC(NC(=O)CSc1nnc(-c2ccc(Cl)cc2)n1N)c1ccc(Cl)cc1Cl. The Kier molecular flexibility index (Phi) is 6.72. The molecule has 0 aliphatic heterocycles. The van der Waals surface area contributed by atoms with Crippen molar-refractivity contribution in [3.05, 3.63) is 63.1 Å². The molecular formula is C18H16Cl3N5OS. The van der Waals surface area contributed by atoms with Gasteiger partial charge in [0.1, 0.15) is 0 Å². The van der Waals surface area contributed by atoms with E-state index in [4.69, 9.17) is 40.6 Å². The number of nitrogens with zero attached hydrogens (tertiary/aromatic N) is 3. The van der Waals surface area contributed by atoms with Crippen molar-refractivity contribution in [1.82, 2.24) is 20.2 Å². The number of nitrogen functional groups attached to an aromatic ring is 1. The predicted molar refractivity (Wildman–Crippen MR) is 114 cm³/mol. The van der Waals surface area contributed by atoms with E-state index < -0.39 is 0 Å². The molecule has 28 heavy (non-hydrogen) atoms. The van der Waals surface area contributed by atoms with E-state index in [2.05, 4.69) is 15.5 Å². The van der Waals surface area contributed by atoms with Gasteiger partial charge in [0.05, 0.1) is 11.8 Å². The number of rotatable bonds is 6. The minimum Gasteiger partial charge on any atom is -0.349 e. The quantitative estimate of drug-likeness (QED) is 0.418. The largest absolute Gasteiger partial charge is 0.349 e. The van der Waals surface area contributed by atoms with E-state index in [-0.39, 0.29) is 17.7 Å². The topological polar surface area (TPSA) is 85.8 Å². The number of carbonyl (C=O) groups is 1. The van der Waals surface area contributed by atoms with Crippen LogP contribution in [0.3, 0.4) is 0 Å². The van der Waals surface area contributed by atoms with Crippen LogP contribution in [0.5, 0.6) is 0 Å². The Morgan fingerprint density at radius 3 is 2.50 bits per heavy atom. The minimum absolute atomic E-state index is 0.130. The summed E-state index contributed by atoms with van der Waals surface area (Å²) in [5.41, 5.74) is 1.57. The molecule has 1 unspecified atom stereocenters. The van der Waals surface area contributed by atoms with Gasteiger partial charge < -0.3 is 11.2 Å². The molecule has 1 aromatic heterocycles. The average molecular weight is 457 g/mol. The molecule has 1 amide bonds. The van der Waals surface area contributed by atoms with Crippen LogP contribution in [0.1, 0.15) is 18.5 Å². The lowest BCUT2D eigenvalue weighted by Gasteiger charge is -2.15. The van der Waals surface area contributed by atoms with Crippen LogP contribution >= 0.6 is 46.6 Å². The average Bonchev–Trinajstić information content (AvgIpc) is 3.01. The number of carbonyl (C=O) groups excluding carboxylic acids is 1. The van der Waals surface area contributed by atoms with Gasteiger partial charge in [0.2, 0.25) is 11.1 Å². The molecule has 3 aromatic rings. The first-order chi connectivity index (χ1) is 13.3. The number of nitrogens with one attached hydrogen (secondary N) is 1. The fraction of sp³-hybridized carbons (Fsp3) is 0.167. The molecule has 0 saturated carbocycles. The van der Waals surface area contributed by atoms with Gasteiger partial charge in [-0.2, -0.15) is 0 Å². The number of hydrogen-bond acceptors (Lipinski definition) is 5. The molecule has 1 atom stereocenters. The molecule has 0 bridgehead atoms. The van der Waals surface area contributed by atoms with Crippen molar-refractivity contribution in [1.29, 1.82) is 0 Å². The van der Waals surface area contributed by atoms with Crippen LogP contribution in [0.25, 0.3) is 11.4 Å². The summed E-state index contributed by atoms with van der Waals surface area (Å²) in [6, 6.07) is 12.0. The maximum atomic E-state index is 12.3. The van der Waals surface area contributed by atoms with E-state index in [1.54, 1.807) is 42.5 Å². The molecule has 6 nitrogen and oxygen atoms in total. The predicted octanol–water partition coefficient (Wildman–Crippen LogP) is 4.59. The Morgan fingerprint density at radius 2 is 1.82 bits per heavy atom. The lowest BCUT2D eigenvalue weighted by atomic mass is 10.1. The Balaban J connectivity index is 1.61. The molecular weight excluding hydrogens is 441 g/mol. The number of benzene rings is 2. The van der Waals surface area contributed by atoms with Crippen molar-refractivity contribution >= 4 is 52.5 Å². The smallest absolute Gasteiger partial charge is 0.230 e. The van der Waals surface area contributed by atoms with Gasteiger partial charge in [-0.15, -0.1) is 10.2 Å². The number of hydrogen-bond donors (Lipinski definition) is 2. The van der Waals surface area contributed by atoms with Crippen molar-refractivity contribution in [3.8, 4) is 11.4 Å². The molecule has 0 radical (unpaired) electrons. The van der Waals surface area contributed by atoms with Gasteiger partial charge in [0.15, 0.2) is 5.82 Å². The molecule has 10 heteroatoms. The monoisotopic (exact) mass is 455 g/mol. The van der Waals surface area contributed by atoms with Crippen LogP contribution in [0.15, 0.2) is 47.6 Å². The first-order valence-corrected chi connectivity index (χ1v) is 10.3. The molecule has 3 N–H and O–H groups in total. The van der Waals surface area contributed by atoms with Gasteiger partial charge in [-0.1, -0.05) is 52.6 Å². The van der Waals surface area contributed by atoms with Crippen LogP contribution in [0.2, 0.25) is 15.1 Å². The van der Waals surface area contributed by atoms with Crippen molar-refractivity contribution in [2.75, 3.05) is 11.6 Å². The second-order valence-corrected chi connectivity index (χ2v) is 8.15. The summed E-state index contributed by atoms with van der Waals surface area (Å²) in [5, 5.41) is 13.1. The highest BCUT2D eigenvalue weighted by atomic mass is 35.5. The third-order valence-electron chi connectivity index (χ3n) is 3.91. The molecule has 0 aliphatic carbocycles. The molecule has 2 aromatic carbocycles. The van der Waals surface area contributed by atoms with E-state index in [1.807, 2.05) is 6.92 Å². The van der Waals surface area contributed by atoms with Gasteiger partial charge >= 0.3 is 0 Å². The molecule has 0 saturated heterocycles. The third-order valence-corrected chi connectivity index (χ3v) is 5.66. The zero-order valence-electron chi connectivity index (χ0n) is 14.7. The van der Waals surface area contributed by atoms with Crippen LogP contribution in [0.4, 0.5) is 0 Å². The van der Waals surface area contributed by atoms with E-state index >= 15 is 0 Å². The van der Waals surface area contributed by atoms with Gasteiger partial charge in [-0.05, 0) is 48.9 Å². The Morgan fingerprint density at radius 1 is 1.14 bits per heavy atom. The summed E-state index contributed by atoms with van der Waals surface area (Å²) < 4.78 is 1.35. The fourth-order valence-electron chi connectivity index (χ4n) is 2.51. The normalized spacial score (nSPS) is 12.0. The maximum absolute atomic E-state index is 12.3. The van der Waals surface area contributed by atoms with Gasteiger partial charge in [0, 0.05) is 20.6 Å². The van der Waals surface area contributed by atoms with Crippen molar-refractivity contribution in [2.24, 2.45) is 0 Å². The number of aromatic nitrogens is 3. The minimum atomic E-state index is -0.266. The van der Waals surface area contributed by atoms with Crippen molar-refractivity contribution in [2.45, 2.75) is 18.1 Å². The molecule has 1 heterocycles. The lowest BCUT2D eigenvalue weighted by molar-refractivity contribution is -0.119. The molecule has 146 valence electrons. The summed E-state index contributed by atoms with van der Waals surface area (Å²) in [6.07, 6.45) is 0. The highest BCUT2D eigenvalue weighted by Crippen LogP contribution is 2.27. The lowest BCUT2D eigenvalue weighted by Crippen LogP contribution is -2.28. The first kappa shape index (κ1) is 20.8. The fourth-order valence-corrected chi connectivity index (χ4v) is 3.88. The number of amides is 1. The van der Waals surface area contributed by atoms with E-state index in [0.717, 1.165) is 11.1 Å². The Labute approximate surface area is 181 Å². The van der Waals surface area contributed by atoms with E-state index in [0.29, 0.717) is 26.0 Å². The van der Waals surface area contributed by atoms with Crippen LogP contribution in [0, 0.1) is 0 Å². The van der Waals surface area contributed by atoms with Crippen LogP contribution in [-0.4, -0.2) is 26.5 Å². The zero-order valence-corrected chi connectivity index (χ0v) is 17.8. The summed E-state index contributed by atoms with van der Waals surface area (Å²) >= 11 is 19.2. The number of nitrogens with two attached hydrogens (primary N) is 1. The second kappa shape index (κ2) is 9.05. The van der Waals surface area contributed by atoms with Crippen LogP contribution in [-0.2, 0) is 4.79 Å². The summed E-state index contributed by atoms with van der Waals surface area (Å²) in [5.74, 6) is 6.50. The molecule has 0 aliphatic rings. The Hall–Kier alpha value is -1.93. The highest BCUT2D eigenvalue weighted by Gasteiger charge is 2.16. The Bertz CT molecular complexity index is 993. The van der Waals surface area contributed by atoms with Crippen LogP contribution < -0.4 is 11.2 Å².